The van der Waals surface area contributed by atoms with Crippen molar-refractivity contribution in [2.45, 2.75) is 26.7 Å². The lowest BCUT2D eigenvalue weighted by atomic mass is 10.1. The third-order valence-corrected chi connectivity index (χ3v) is 3.71. The number of hydrogen-bond donors (Lipinski definition) is 0. The second-order valence-electron chi connectivity index (χ2n) is 5.68. The van der Waals surface area contributed by atoms with Gasteiger partial charge in [0.2, 0.25) is 0 Å². The van der Waals surface area contributed by atoms with E-state index in [1.807, 2.05) is 32.3 Å². The van der Waals surface area contributed by atoms with Crippen LogP contribution in [0.4, 0.5) is 0 Å². The Morgan fingerprint density at radius 1 is 1.05 bits per heavy atom. The van der Waals surface area contributed by atoms with Crippen LogP contribution in [0.5, 0.6) is 0 Å². The lowest BCUT2D eigenvalue weighted by Gasteiger charge is -2.07. The molecule has 0 aliphatic rings. The molecule has 0 saturated heterocycles. The van der Waals surface area contributed by atoms with E-state index in [0.717, 1.165) is 28.5 Å². The van der Waals surface area contributed by atoms with Gasteiger partial charge in [0, 0.05) is 36.0 Å². The maximum atomic E-state index is 4.56. The van der Waals surface area contributed by atoms with Gasteiger partial charge in [0.05, 0.1) is 0 Å². The van der Waals surface area contributed by atoms with Crippen molar-refractivity contribution in [2.75, 3.05) is 0 Å². The summed E-state index contributed by atoms with van der Waals surface area (Å²) in [6, 6.07) is 8.14. The largest absolute Gasteiger partial charge is 0.331 e. The van der Waals surface area contributed by atoms with Crippen LogP contribution in [-0.4, -0.2) is 24.5 Å². The van der Waals surface area contributed by atoms with Crippen LogP contribution in [-0.2, 0) is 7.05 Å². The van der Waals surface area contributed by atoms with Crippen molar-refractivity contribution >= 4 is 0 Å². The van der Waals surface area contributed by atoms with Crippen molar-refractivity contribution < 1.29 is 0 Å². The number of imidazole rings is 1. The van der Waals surface area contributed by atoms with Crippen LogP contribution in [0.15, 0.2) is 36.8 Å². The van der Waals surface area contributed by atoms with Crippen LogP contribution < -0.4 is 0 Å². The van der Waals surface area contributed by atoms with E-state index in [1.165, 1.54) is 0 Å². The molecule has 0 atom stereocenters. The predicted molar refractivity (Wildman–Crippen MR) is 86.3 cm³/mol. The molecule has 0 spiro atoms. The molecule has 0 bridgehead atoms. The summed E-state index contributed by atoms with van der Waals surface area (Å²) < 4.78 is 2.08. The third-order valence-electron chi connectivity index (χ3n) is 3.71. The maximum Gasteiger partial charge on any atom is 0.163 e. The molecule has 112 valence electrons. The minimum atomic E-state index is 0.280. The maximum absolute atomic E-state index is 4.56. The molecule has 22 heavy (non-hydrogen) atoms. The Morgan fingerprint density at radius 2 is 1.82 bits per heavy atom. The van der Waals surface area contributed by atoms with E-state index in [1.54, 1.807) is 6.33 Å². The average molecular weight is 293 g/mol. The van der Waals surface area contributed by atoms with Crippen molar-refractivity contribution in [3.8, 4) is 22.8 Å². The van der Waals surface area contributed by atoms with E-state index < -0.39 is 0 Å². The van der Waals surface area contributed by atoms with Crippen molar-refractivity contribution in [3.05, 3.63) is 48.3 Å². The van der Waals surface area contributed by atoms with Crippen LogP contribution in [0, 0.1) is 6.92 Å². The topological polar surface area (TPSA) is 56.5 Å². The number of aromatic nitrogens is 5. The van der Waals surface area contributed by atoms with Gasteiger partial charge in [-0.15, -0.1) is 0 Å². The smallest absolute Gasteiger partial charge is 0.163 e. The van der Waals surface area contributed by atoms with Crippen LogP contribution in [0.1, 0.15) is 31.3 Å². The van der Waals surface area contributed by atoms with Crippen molar-refractivity contribution in [3.63, 3.8) is 0 Å². The van der Waals surface area contributed by atoms with Gasteiger partial charge in [-0.3, -0.25) is 0 Å². The quantitative estimate of drug-likeness (QED) is 0.743. The zero-order valence-corrected chi connectivity index (χ0v) is 13.3. The summed E-state index contributed by atoms with van der Waals surface area (Å²) in [5, 5.41) is 0. The molecule has 0 N–H and O–H groups in total. The first-order chi connectivity index (χ1) is 10.6. The summed E-state index contributed by atoms with van der Waals surface area (Å²) >= 11 is 0. The van der Waals surface area contributed by atoms with E-state index in [2.05, 4.69) is 50.5 Å². The number of aryl methyl sites for hydroxylation is 1. The lowest BCUT2D eigenvalue weighted by Crippen LogP contribution is -2.01. The van der Waals surface area contributed by atoms with Crippen LogP contribution in [0.3, 0.4) is 0 Å². The first kappa shape index (κ1) is 14.4. The van der Waals surface area contributed by atoms with Gasteiger partial charge < -0.3 is 4.57 Å². The third kappa shape index (κ3) is 2.62. The van der Waals surface area contributed by atoms with E-state index in [-0.39, 0.29) is 5.92 Å². The number of rotatable bonds is 3. The van der Waals surface area contributed by atoms with Crippen molar-refractivity contribution in [2.24, 2.45) is 7.05 Å². The highest BCUT2D eigenvalue weighted by Gasteiger charge is 2.10. The Labute approximate surface area is 130 Å². The van der Waals surface area contributed by atoms with Gasteiger partial charge >= 0.3 is 0 Å². The molecular weight excluding hydrogens is 274 g/mol. The SMILES string of the molecule is Cc1cnc(-c2cccc(-c3ncnc(C(C)C)n3)c2)n1C. The molecule has 0 amide bonds. The fourth-order valence-corrected chi connectivity index (χ4v) is 2.29. The number of hydrogen-bond acceptors (Lipinski definition) is 4. The minimum Gasteiger partial charge on any atom is -0.331 e. The van der Waals surface area contributed by atoms with Crippen LogP contribution in [0.2, 0.25) is 0 Å². The zero-order chi connectivity index (χ0) is 15.7. The Bertz CT molecular complexity index is 804. The van der Waals surface area contributed by atoms with Crippen LogP contribution in [0.25, 0.3) is 22.8 Å². The molecule has 2 heterocycles. The summed E-state index contributed by atoms with van der Waals surface area (Å²) in [6.07, 6.45) is 3.46. The molecule has 3 rings (SSSR count). The van der Waals surface area contributed by atoms with Gasteiger partial charge in [0.25, 0.3) is 0 Å². The van der Waals surface area contributed by atoms with E-state index in [9.17, 15) is 0 Å². The number of benzene rings is 1. The number of nitrogens with zero attached hydrogens (tertiary/aromatic N) is 5. The van der Waals surface area contributed by atoms with Crippen molar-refractivity contribution in [1.82, 2.24) is 24.5 Å². The molecule has 0 saturated carbocycles. The van der Waals surface area contributed by atoms with Crippen molar-refractivity contribution in [1.29, 1.82) is 0 Å². The van der Waals surface area contributed by atoms with Gasteiger partial charge in [-0.1, -0.05) is 32.0 Å². The van der Waals surface area contributed by atoms with E-state index in [4.69, 9.17) is 0 Å². The Kier molecular flexibility index (Phi) is 3.71. The molecule has 0 unspecified atom stereocenters. The molecule has 0 radical (unpaired) electrons. The second kappa shape index (κ2) is 5.67. The first-order valence-corrected chi connectivity index (χ1v) is 7.34. The first-order valence-electron chi connectivity index (χ1n) is 7.34. The molecule has 3 aromatic rings. The van der Waals surface area contributed by atoms with Gasteiger partial charge in [-0.25, -0.2) is 19.9 Å². The summed E-state index contributed by atoms with van der Waals surface area (Å²) in [6.45, 7) is 6.19. The molecule has 5 nitrogen and oxygen atoms in total. The Hall–Kier alpha value is -2.56. The average Bonchev–Trinajstić information content (AvgIpc) is 2.87. The van der Waals surface area contributed by atoms with Gasteiger partial charge in [-0.05, 0) is 13.0 Å². The normalized spacial score (nSPS) is 11.1. The summed E-state index contributed by atoms with van der Waals surface area (Å²) in [7, 11) is 2.02. The van der Waals surface area contributed by atoms with Crippen LogP contribution >= 0.6 is 0 Å². The van der Waals surface area contributed by atoms with E-state index in [0.29, 0.717) is 5.82 Å². The Morgan fingerprint density at radius 3 is 2.50 bits per heavy atom. The monoisotopic (exact) mass is 293 g/mol. The highest BCUT2D eigenvalue weighted by atomic mass is 15.1. The molecule has 0 aliphatic heterocycles. The molecular formula is C17H19N5. The van der Waals surface area contributed by atoms with E-state index >= 15 is 0 Å². The summed E-state index contributed by atoms with van der Waals surface area (Å²) in [5.74, 6) is 2.73. The zero-order valence-electron chi connectivity index (χ0n) is 13.3. The van der Waals surface area contributed by atoms with Gasteiger partial charge in [0.15, 0.2) is 5.82 Å². The lowest BCUT2D eigenvalue weighted by molar-refractivity contribution is 0.762. The minimum absolute atomic E-state index is 0.280. The molecule has 0 aliphatic carbocycles. The molecule has 2 aromatic heterocycles. The highest BCUT2D eigenvalue weighted by molar-refractivity contribution is 5.66. The standard InChI is InChI=1S/C17H19N5/c1-11(2)15-19-10-20-16(21-15)13-6-5-7-14(8-13)17-18-9-12(3)22(17)4/h5-11H,1-4H3. The molecule has 5 heteroatoms. The summed E-state index contributed by atoms with van der Waals surface area (Å²) in [4.78, 5) is 17.6. The Balaban J connectivity index is 2.05. The fourth-order valence-electron chi connectivity index (χ4n) is 2.29. The summed E-state index contributed by atoms with van der Waals surface area (Å²) in [5.41, 5.74) is 3.16. The van der Waals surface area contributed by atoms with Gasteiger partial charge in [0.1, 0.15) is 18.0 Å². The predicted octanol–water partition coefficient (Wildman–Crippen LogP) is 3.37. The molecule has 0 fully saturated rings. The molecule has 1 aromatic carbocycles. The van der Waals surface area contributed by atoms with Gasteiger partial charge in [-0.2, -0.15) is 0 Å². The second-order valence-corrected chi connectivity index (χ2v) is 5.68. The highest BCUT2D eigenvalue weighted by Crippen LogP contribution is 2.24. The fraction of sp³-hybridized carbons (Fsp3) is 0.294.